The van der Waals surface area contributed by atoms with Crippen molar-refractivity contribution in [3.63, 3.8) is 0 Å². The number of nitrogens with one attached hydrogen (secondary N) is 4. The smallest absolute Gasteiger partial charge is 0.326 e. The molecular weight excluding hydrogens is 280 g/mol. The third-order valence-electron chi connectivity index (χ3n) is 2.68. The molecular formula is C10H14N8O3. The minimum atomic E-state index is -1.15. The topological polar surface area (TPSA) is 162 Å². The van der Waals surface area contributed by atoms with Gasteiger partial charge in [-0.1, -0.05) is 5.21 Å². The van der Waals surface area contributed by atoms with Gasteiger partial charge in [0.15, 0.2) is 5.82 Å². The molecule has 2 amide bonds. The number of carboxylic acid groups (broad SMARTS) is 1. The fraction of sp³-hybridized carbons (Fsp3) is 0.400. The third kappa shape index (κ3) is 3.99. The van der Waals surface area contributed by atoms with Crippen LogP contribution in [0.1, 0.15) is 24.5 Å². The first-order valence-electron chi connectivity index (χ1n) is 6.06. The zero-order valence-corrected chi connectivity index (χ0v) is 11.1. The molecule has 0 aliphatic heterocycles. The summed E-state index contributed by atoms with van der Waals surface area (Å²) >= 11 is 0. The Bertz CT molecular complexity index is 581. The molecule has 11 heteroatoms. The third-order valence-corrected chi connectivity index (χ3v) is 2.68. The number of aliphatic carboxylic acids is 1. The van der Waals surface area contributed by atoms with Crippen LogP contribution < -0.4 is 10.6 Å². The standard InChI is InChI=1S/C10H14N8O3/c1-5(8-15-17-18-16-8)13-10(21)14-7(9(19)20)2-6-3-11-4-12-6/h3-5,7H,2H2,1H3,(H,11,12)(H,19,20)(H2,13,14,21)(H,15,16,17,18)/t5?,7-/m0/s1. The van der Waals surface area contributed by atoms with E-state index in [0.717, 1.165) is 0 Å². The number of nitrogens with zero attached hydrogens (tertiary/aromatic N) is 4. The van der Waals surface area contributed by atoms with Gasteiger partial charge in [0.25, 0.3) is 0 Å². The van der Waals surface area contributed by atoms with Gasteiger partial charge in [-0.3, -0.25) is 0 Å². The number of tetrazole rings is 1. The Balaban J connectivity index is 1.90. The molecule has 0 aliphatic rings. The summed E-state index contributed by atoms with van der Waals surface area (Å²) in [6.45, 7) is 1.65. The molecule has 0 fully saturated rings. The number of imidazole rings is 1. The highest BCUT2D eigenvalue weighted by molar-refractivity contribution is 5.82. The fourth-order valence-electron chi connectivity index (χ4n) is 1.63. The average molecular weight is 294 g/mol. The predicted molar refractivity (Wildman–Crippen MR) is 68.0 cm³/mol. The Morgan fingerprint density at radius 1 is 1.43 bits per heavy atom. The van der Waals surface area contributed by atoms with E-state index in [1.165, 1.54) is 12.5 Å². The molecule has 2 aromatic heterocycles. The van der Waals surface area contributed by atoms with E-state index in [2.05, 4.69) is 41.2 Å². The van der Waals surface area contributed by atoms with Crippen LogP contribution in [-0.4, -0.2) is 53.7 Å². The van der Waals surface area contributed by atoms with Crippen molar-refractivity contribution in [2.24, 2.45) is 0 Å². The normalized spacial score (nSPS) is 13.4. The maximum absolute atomic E-state index is 11.8. The number of amides is 2. The van der Waals surface area contributed by atoms with Crippen molar-refractivity contribution >= 4 is 12.0 Å². The number of H-pyrrole nitrogens is 2. The van der Waals surface area contributed by atoms with E-state index in [4.69, 9.17) is 5.11 Å². The quantitative estimate of drug-likeness (QED) is 0.455. The van der Waals surface area contributed by atoms with Crippen LogP contribution in [0.4, 0.5) is 4.79 Å². The summed E-state index contributed by atoms with van der Waals surface area (Å²) in [5, 5.41) is 27.1. The van der Waals surface area contributed by atoms with E-state index in [1.807, 2.05) is 0 Å². The number of carbonyl (C=O) groups is 2. The molecule has 2 atom stereocenters. The van der Waals surface area contributed by atoms with Gasteiger partial charge in [-0.2, -0.15) is 5.21 Å². The molecule has 2 aromatic rings. The van der Waals surface area contributed by atoms with Gasteiger partial charge in [0.2, 0.25) is 0 Å². The minimum Gasteiger partial charge on any atom is -0.480 e. The Morgan fingerprint density at radius 2 is 2.24 bits per heavy atom. The zero-order valence-electron chi connectivity index (χ0n) is 11.1. The lowest BCUT2D eigenvalue weighted by Crippen LogP contribution is -2.47. The van der Waals surface area contributed by atoms with Gasteiger partial charge in [-0.15, -0.1) is 10.2 Å². The molecule has 2 rings (SSSR count). The lowest BCUT2D eigenvalue weighted by molar-refractivity contribution is -0.139. The van der Waals surface area contributed by atoms with Gasteiger partial charge in [-0.25, -0.2) is 14.6 Å². The lowest BCUT2D eigenvalue weighted by atomic mass is 10.1. The number of rotatable bonds is 6. The monoisotopic (exact) mass is 294 g/mol. The van der Waals surface area contributed by atoms with Crippen LogP contribution in [0.25, 0.3) is 0 Å². The highest BCUT2D eigenvalue weighted by atomic mass is 16.4. The van der Waals surface area contributed by atoms with Gasteiger partial charge in [0.1, 0.15) is 6.04 Å². The molecule has 0 aliphatic carbocycles. The maximum atomic E-state index is 11.8. The van der Waals surface area contributed by atoms with Gasteiger partial charge >= 0.3 is 12.0 Å². The highest BCUT2D eigenvalue weighted by Gasteiger charge is 2.22. The van der Waals surface area contributed by atoms with Crippen LogP contribution in [0.15, 0.2) is 12.5 Å². The van der Waals surface area contributed by atoms with Crippen LogP contribution in [0.2, 0.25) is 0 Å². The minimum absolute atomic E-state index is 0.0966. The molecule has 1 unspecified atom stereocenters. The maximum Gasteiger partial charge on any atom is 0.326 e. The van der Waals surface area contributed by atoms with Crippen molar-refractivity contribution in [1.29, 1.82) is 0 Å². The average Bonchev–Trinajstić information content (AvgIpc) is 3.10. The molecule has 21 heavy (non-hydrogen) atoms. The second-order valence-corrected chi connectivity index (χ2v) is 4.28. The van der Waals surface area contributed by atoms with E-state index >= 15 is 0 Å². The number of carbonyl (C=O) groups excluding carboxylic acids is 1. The molecule has 11 nitrogen and oxygen atoms in total. The predicted octanol–water partition coefficient (Wildman–Crippen LogP) is -1.02. The van der Waals surface area contributed by atoms with E-state index in [1.54, 1.807) is 6.92 Å². The van der Waals surface area contributed by atoms with Crippen LogP contribution in [0, 0.1) is 0 Å². The second-order valence-electron chi connectivity index (χ2n) is 4.28. The molecule has 5 N–H and O–H groups in total. The molecule has 0 saturated heterocycles. The number of aromatic amines is 2. The summed E-state index contributed by atoms with van der Waals surface area (Å²) in [6.07, 6.45) is 3.03. The van der Waals surface area contributed by atoms with Gasteiger partial charge in [0, 0.05) is 18.3 Å². The summed E-state index contributed by atoms with van der Waals surface area (Å²) in [5.74, 6) is -0.849. The van der Waals surface area contributed by atoms with Crippen LogP contribution in [0.3, 0.4) is 0 Å². The summed E-state index contributed by atoms with van der Waals surface area (Å²) in [5.41, 5.74) is 0.605. The Hall–Kier alpha value is -2.98. The zero-order chi connectivity index (χ0) is 15.2. The van der Waals surface area contributed by atoms with Crippen LogP contribution >= 0.6 is 0 Å². The first kappa shape index (κ1) is 14.4. The van der Waals surface area contributed by atoms with Crippen molar-refractivity contribution < 1.29 is 14.7 Å². The molecule has 0 aromatic carbocycles. The molecule has 0 spiro atoms. The van der Waals surface area contributed by atoms with Crippen LogP contribution in [0.5, 0.6) is 0 Å². The first-order valence-corrected chi connectivity index (χ1v) is 6.06. The Kier molecular flexibility index (Phi) is 4.43. The van der Waals surface area contributed by atoms with Gasteiger partial charge in [-0.05, 0) is 6.92 Å². The number of aromatic nitrogens is 6. The summed E-state index contributed by atoms with van der Waals surface area (Å²) in [6, 6.07) is -2.23. The van der Waals surface area contributed by atoms with E-state index in [9.17, 15) is 9.59 Å². The Morgan fingerprint density at radius 3 is 2.81 bits per heavy atom. The molecule has 0 radical (unpaired) electrons. The largest absolute Gasteiger partial charge is 0.480 e. The van der Waals surface area contributed by atoms with E-state index < -0.39 is 24.1 Å². The van der Waals surface area contributed by atoms with Gasteiger partial charge in [0.05, 0.1) is 12.4 Å². The first-order chi connectivity index (χ1) is 10.1. The number of carboxylic acids is 1. The van der Waals surface area contributed by atoms with Crippen molar-refractivity contribution in [1.82, 2.24) is 41.2 Å². The van der Waals surface area contributed by atoms with Gasteiger partial charge < -0.3 is 20.7 Å². The van der Waals surface area contributed by atoms with E-state index in [0.29, 0.717) is 11.5 Å². The molecule has 0 saturated carbocycles. The summed E-state index contributed by atoms with van der Waals surface area (Å²) < 4.78 is 0. The number of urea groups is 1. The highest BCUT2D eigenvalue weighted by Crippen LogP contribution is 2.03. The van der Waals surface area contributed by atoms with Crippen molar-refractivity contribution in [3.8, 4) is 0 Å². The second kappa shape index (κ2) is 6.45. The fourth-order valence-corrected chi connectivity index (χ4v) is 1.63. The van der Waals surface area contributed by atoms with Crippen LogP contribution in [-0.2, 0) is 11.2 Å². The van der Waals surface area contributed by atoms with Crippen molar-refractivity contribution in [2.75, 3.05) is 0 Å². The van der Waals surface area contributed by atoms with Crippen molar-refractivity contribution in [3.05, 3.63) is 24.0 Å². The summed E-state index contributed by atoms with van der Waals surface area (Å²) in [7, 11) is 0. The molecule has 2 heterocycles. The molecule has 112 valence electrons. The Labute approximate surface area is 118 Å². The van der Waals surface area contributed by atoms with E-state index in [-0.39, 0.29) is 6.42 Å². The number of hydrogen-bond donors (Lipinski definition) is 5. The SMILES string of the molecule is CC(NC(=O)N[C@@H](Cc1cnc[nH]1)C(=O)O)c1nn[nH]n1. The lowest BCUT2D eigenvalue weighted by Gasteiger charge is -2.16. The van der Waals surface area contributed by atoms with Crippen molar-refractivity contribution in [2.45, 2.75) is 25.4 Å². The summed E-state index contributed by atoms with van der Waals surface area (Å²) in [4.78, 5) is 29.5. The number of hydrogen-bond acceptors (Lipinski definition) is 6. The molecule has 0 bridgehead atoms.